The van der Waals surface area contributed by atoms with E-state index in [9.17, 15) is 9.18 Å². The summed E-state index contributed by atoms with van der Waals surface area (Å²) in [7, 11) is 0. The molecule has 0 aliphatic heterocycles. The summed E-state index contributed by atoms with van der Waals surface area (Å²) < 4.78 is 13.5. The highest BCUT2D eigenvalue weighted by molar-refractivity contribution is 7.08. The van der Waals surface area contributed by atoms with Crippen LogP contribution in [-0.4, -0.2) is 5.78 Å². The van der Waals surface area contributed by atoms with E-state index in [1.807, 2.05) is 12.3 Å². The van der Waals surface area contributed by atoms with Gasteiger partial charge in [-0.3, -0.25) is 4.79 Å². The molecule has 0 N–H and O–H groups in total. The van der Waals surface area contributed by atoms with Crippen LogP contribution in [0.3, 0.4) is 0 Å². The van der Waals surface area contributed by atoms with E-state index < -0.39 is 5.82 Å². The van der Waals surface area contributed by atoms with Gasteiger partial charge in [0.05, 0.1) is 0 Å². The zero-order valence-corrected chi connectivity index (χ0v) is 10.7. The van der Waals surface area contributed by atoms with Crippen molar-refractivity contribution in [2.45, 2.75) is 13.3 Å². The molecule has 0 amide bonds. The molecule has 1 aromatic carbocycles. The van der Waals surface area contributed by atoms with Crippen LogP contribution in [-0.2, 0) is 6.42 Å². The lowest BCUT2D eigenvalue weighted by atomic mass is 10.0. The zero-order chi connectivity index (χ0) is 12.4. The minimum Gasteiger partial charge on any atom is -0.294 e. The van der Waals surface area contributed by atoms with E-state index in [4.69, 9.17) is 11.6 Å². The number of carbonyl (C=O) groups excluding carboxylic acids is 1. The van der Waals surface area contributed by atoms with Gasteiger partial charge in [0.2, 0.25) is 0 Å². The molecule has 0 fully saturated rings. The van der Waals surface area contributed by atoms with Crippen LogP contribution in [0.25, 0.3) is 0 Å². The Hall–Kier alpha value is -1.19. The SMILES string of the molecule is Cc1cscc1C(=O)Cc1c(F)cccc1Cl. The van der Waals surface area contributed by atoms with Gasteiger partial charge in [0.25, 0.3) is 0 Å². The fourth-order valence-corrected chi connectivity index (χ4v) is 2.69. The molecule has 4 heteroatoms. The molecule has 0 atom stereocenters. The predicted molar refractivity (Wildman–Crippen MR) is 68.5 cm³/mol. The third kappa shape index (κ3) is 2.56. The molecule has 17 heavy (non-hydrogen) atoms. The van der Waals surface area contributed by atoms with Gasteiger partial charge in [-0.15, -0.1) is 0 Å². The van der Waals surface area contributed by atoms with Gasteiger partial charge in [0, 0.05) is 28.0 Å². The van der Waals surface area contributed by atoms with Crippen molar-refractivity contribution in [3.8, 4) is 0 Å². The maximum absolute atomic E-state index is 13.5. The van der Waals surface area contributed by atoms with Crippen molar-refractivity contribution in [3.63, 3.8) is 0 Å². The summed E-state index contributed by atoms with van der Waals surface area (Å²) in [5, 5.41) is 3.98. The van der Waals surface area contributed by atoms with E-state index in [2.05, 4.69) is 0 Å². The van der Waals surface area contributed by atoms with Gasteiger partial charge in [-0.05, 0) is 30.0 Å². The molecule has 0 saturated heterocycles. The van der Waals surface area contributed by atoms with Crippen molar-refractivity contribution in [2.24, 2.45) is 0 Å². The van der Waals surface area contributed by atoms with E-state index in [-0.39, 0.29) is 17.8 Å². The van der Waals surface area contributed by atoms with Crippen LogP contribution in [0, 0.1) is 12.7 Å². The molecule has 0 bridgehead atoms. The third-order valence-electron chi connectivity index (χ3n) is 2.55. The van der Waals surface area contributed by atoms with Gasteiger partial charge in [0.15, 0.2) is 5.78 Å². The number of thiophene rings is 1. The molecule has 0 spiro atoms. The lowest BCUT2D eigenvalue weighted by Crippen LogP contribution is -2.06. The molecule has 1 aromatic heterocycles. The molecule has 0 unspecified atom stereocenters. The fraction of sp³-hybridized carbons (Fsp3) is 0.154. The van der Waals surface area contributed by atoms with E-state index in [1.54, 1.807) is 11.4 Å². The first-order valence-corrected chi connectivity index (χ1v) is 6.40. The van der Waals surface area contributed by atoms with Crippen LogP contribution >= 0.6 is 22.9 Å². The maximum Gasteiger partial charge on any atom is 0.168 e. The highest BCUT2D eigenvalue weighted by Gasteiger charge is 2.15. The lowest BCUT2D eigenvalue weighted by Gasteiger charge is -2.04. The first kappa shape index (κ1) is 12.3. The van der Waals surface area contributed by atoms with Crippen LogP contribution in [0.1, 0.15) is 21.5 Å². The summed E-state index contributed by atoms with van der Waals surface area (Å²) in [4.78, 5) is 12.0. The highest BCUT2D eigenvalue weighted by Crippen LogP contribution is 2.22. The number of aryl methyl sites for hydroxylation is 1. The second-order valence-electron chi connectivity index (χ2n) is 3.77. The number of hydrogen-bond donors (Lipinski definition) is 0. The van der Waals surface area contributed by atoms with Crippen LogP contribution < -0.4 is 0 Å². The lowest BCUT2D eigenvalue weighted by molar-refractivity contribution is 0.0991. The molecule has 2 rings (SSSR count). The molecular weight excluding hydrogens is 259 g/mol. The Morgan fingerprint density at radius 3 is 2.76 bits per heavy atom. The summed E-state index contributed by atoms with van der Waals surface area (Å²) in [6.45, 7) is 1.87. The predicted octanol–water partition coefficient (Wildman–Crippen LogP) is 4.27. The maximum atomic E-state index is 13.5. The van der Waals surface area contributed by atoms with Gasteiger partial charge in [0.1, 0.15) is 5.82 Å². The van der Waals surface area contributed by atoms with Gasteiger partial charge in [-0.25, -0.2) is 4.39 Å². The number of carbonyl (C=O) groups is 1. The number of ketones is 1. The summed E-state index contributed by atoms with van der Waals surface area (Å²) in [6.07, 6.45) is 0.00306. The second-order valence-corrected chi connectivity index (χ2v) is 4.92. The molecule has 1 heterocycles. The number of benzene rings is 1. The van der Waals surface area contributed by atoms with E-state index in [0.29, 0.717) is 10.6 Å². The Morgan fingerprint density at radius 2 is 2.18 bits per heavy atom. The van der Waals surface area contributed by atoms with Gasteiger partial charge >= 0.3 is 0 Å². The summed E-state index contributed by atoms with van der Waals surface area (Å²) in [5.41, 5.74) is 1.84. The van der Waals surface area contributed by atoms with Crippen LogP contribution in [0.2, 0.25) is 5.02 Å². The van der Waals surface area contributed by atoms with Crippen LogP contribution in [0.15, 0.2) is 29.0 Å². The average Bonchev–Trinajstić information content (AvgIpc) is 2.70. The van der Waals surface area contributed by atoms with Crippen molar-refractivity contribution in [3.05, 3.63) is 56.5 Å². The van der Waals surface area contributed by atoms with E-state index >= 15 is 0 Å². The molecular formula is C13H10ClFOS. The normalized spacial score (nSPS) is 10.5. The first-order valence-electron chi connectivity index (χ1n) is 5.08. The van der Waals surface area contributed by atoms with E-state index in [1.165, 1.54) is 23.5 Å². The zero-order valence-electron chi connectivity index (χ0n) is 9.17. The third-order valence-corrected chi connectivity index (χ3v) is 3.77. The largest absolute Gasteiger partial charge is 0.294 e. The highest BCUT2D eigenvalue weighted by atomic mass is 35.5. The van der Waals surface area contributed by atoms with Gasteiger partial charge < -0.3 is 0 Å². The first-order chi connectivity index (χ1) is 8.09. The Morgan fingerprint density at radius 1 is 1.41 bits per heavy atom. The standard InChI is InChI=1S/C13H10ClFOS/c1-8-6-17-7-10(8)13(16)5-9-11(14)3-2-4-12(9)15/h2-4,6-7H,5H2,1H3. The van der Waals surface area contributed by atoms with E-state index in [0.717, 1.165) is 5.56 Å². The van der Waals surface area contributed by atoms with Crippen LogP contribution in [0.5, 0.6) is 0 Å². The number of halogens is 2. The molecule has 2 aromatic rings. The van der Waals surface area contributed by atoms with Gasteiger partial charge in [-0.1, -0.05) is 17.7 Å². The summed E-state index contributed by atoms with van der Waals surface area (Å²) in [6, 6.07) is 4.43. The minimum atomic E-state index is -0.432. The Labute approximate surface area is 108 Å². The molecule has 88 valence electrons. The van der Waals surface area contributed by atoms with Crippen LogP contribution in [0.4, 0.5) is 4.39 Å². The topological polar surface area (TPSA) is 17.1 Å². The second kappa shape index (κ2) is 4.98. The van der Waals surface area contributed by atoms with Crippen molar-refractivity contribution >= 4 is 28.7 Å². The summed E-state index contributed by atoms with van der Waals surface area (Å²) >= 11 is 7.35. The quantitative estimate of drug-likeness (QED) is 0.760. The molecule has 0 saturated carbocycles. The van der Waals surface area contributed by atoms with Crippen molar-refractivity contribution < 1.29 is 9.18 Å². The fourth-order valence-electron chi connectivity index (χ4n) is 1.60. The minimum absolute atomic E-state index is 0.00306. The molecule has 0 radical (unpaired) electrons. The number of hydrogen-bond acceptors (Lipinski definition) is 2. The monoisotopic (exact) mass is 268 g/mol. The Bertz CT molecular complexity index is 542. The number of Topliss-reactive ketones (excluding diaryl/α,β-unsaturated/α-hetero) is 1. The smallest absolute Gasteiger partial charge is 0.168 e. The van der Waals surface area contributed by atoms with Crippen molar-refractivity contribution in [1.82, 2.24) is 0 Å². The van der Waals surface area contributed by atoms with Gasteiger partial charge in [-0.2, -0.15) is 11.3 Å². The Kier molecular flexibility index (Phi) is 3.60. The molecule has 1 nitrogen and oxygen atoms in total. The molecule has 0 aliphatic rings. The average molecular weight is 269 g/mol. The van der Waals surface area contributed by atoms with Crippen molar-refractivity contribution in [2.75, 3.05) is 0 Å². The van der Waals surface area contributed by atoms with Crippen molar-refractivity contribution in [1.29, 1.82) is 0 Å². The Balaban J connectivity index is 2.28. The molecule has 0 aliphatic carbocycles. The summed E-state index contributed by atoms with van der Waals surface area (Å²) in [5.74, 6) is -0.533. The number of rotatable bonds is 3.